The molecule has 3 amide bonds. The van der Waals surface area contributed by atoms with Crippen LogP contribution in [0.2, 0.25) is 0 Å². The van der Waals surface area contributed by atoms with Gasteiger partial charge >= 0.3 is 20.0 Å². The second kappa shape index (κ2) is 9.99. The van der Waals surface area contributed by atoms with E-state index in [-0.39, 0.29) is 19.0 Å². The summed E-state index contributed by atoms with van der Waals surface area (Å²) in [6.07, 6.45) is -3.43. The standard InChI is InChI=1S/C18H25F3N3O6P/c1-23(2)17(26)22-15(11-30-31(27,28)29)16(25)24-9-7-13(8-10-24)12-3-5-14(6-4-12)18(19,20)21/h3-6,13,15H,7-11H2,1-2H3,(H,22,26)(H2,27,28,29)/t15-/m0/s1. The molecule has 1 atom stereocenters. The Kier molecular flexibility index (Phi) is 8.09. The van der Waals surface area contributed by atoms with Crippen LogP contribution in [0.25, 0.3) is 0 Å². The third kappa shape index (κ3) is 7.49. The van der Waals surface area contributed by atoms with Crippen molar-refractivity contribution >= 4 is 19.8 Å². The van der Waals surface area contributed by atoms with Crippen LogP contribution in [0, 0.1) is 0 Å². The van der Waals surface area contributed by atoms with Gasteiger partial charge in [-0.3, -0.25) is 9.32 Å². The molecule has 1 fully saturated rings. The molecular formula is C18H25F3N3O6P. The number of rotatable bonds is 6. The molecule has 0 bridgehead atoms. The Balaban J connectivity index is 2.01. The molecule has 1 heterocycles. The third-order valence-corrected chi connectivity index (χ3v) is 5.41. The molecule has 1 aliphatic heterocycles. The first-order chi connectivity index (χ1) is 14.3. The average Bonchev–Trinajstić information content (AvgIpc) is 2.69. The summed E-state index contributed by atoms with van der Waals surface area (Å²) in [5.41, 5.74) is 0.00999. The number of alkyl halides is 3. The first-order valence-electron chi connectivity index (χ1n) is 9.42. The molecule has 0 aromatic heterocycles. The molecule has 1 aromatic carbocycles. The van der Waals surface area contributed by atoms with E-state index in [1.165, 1.54) is 31.1 Å². The zero-order valence-electron chi connectivity index (χ0n) is 17.0. The maximum Gasteiger partial charge on any atom is 0.469 e. The molecule has 0 radical (unpaired) electrons. The van der Waals surface area contributed by atoms with Crippen molar-refractivity contribution in [3.8, 4) is 0 Å². The molecule has 1 aromatic rings. The molecule has 1 aliphatic rings. The summed E-state index contributed by atoms with van der Waals surface area (Å²) in [5.74, 6) is -0.595. The zero-order valence-corrected chi connectivity index (χ0v) is 17.9. The van der Waals surface area contributed by atoms with Gasteiger partial charge in [-0.25, -0.2) is 9.36 Å². The number of nitrogens with zero attached hydrogens (tertiary/aromatic N) is 2. The van der Waals surface area contributed by atoms with Gasteiger partial charge in [0.25, 0.3) is 0 Å². The number of hydrogen-bond acceptors (Lipinski definition) is 4. The Morgan fingerprint density at radius 2 is 1.77 bits per heavy atom. The number of urea groups is 1. The fourth-order valence-corrected chi connectivity index (χ4v) is 3.57. The van der Waals surface area contributed by atoms with Crippen molar-refractivity contribution in [3.05, 3.63) is 35.4 Å². The largest absolute Gasteiger partial charge is 0.469 e. The van der Waals surface area contributed by atoms with Crippen LogP contribution in [0.4, 0.5) is 18.0 Å². The highest BCUT2D eigenvalue weighted by Crippen LogP contribution is 2.36. The van der Waals surface area contributed by atoms with Gasteiger partial charge in [0.2, 0.25) is 5.91 Å². The number of carbonyl (C=O) groups is 2. The lowest BCUT2D eigenvalue weighted by Crippen LogP contribution is -2.54. The average molecular weight is 467 g/mol. The van der Waals surface area contributed by atoms with Crippen molar-refractivity contribution in [1.29, 1.82) is 0 Å². The van der Waals surface area contributed by atoms with Crippen molar-refractivity contribution < 1.29 is 41.6 Å². The Morgan fingerprint density at radius 3 is 2.23 bits per heavy atom. The summed E-state index contributed by atoms with van der Waals surface area (Å²) in [4.78, 5) is 45.1. The molecule has 3 N–H and O–H groups in total. The van der Waals surface area contributed by atoms with Crippen molar-refractivity contribution in [3.63, 3.8) is 0 Å². The Morgan fingerprint density at radius 1 is 1.23 bits per heavy atom. The number of piperidine rings is 1. The minimum absolute atomic E-state index is 0.0347. The van der Waals surface area contributed by atoms with E-state index in [4.69, 9.17) is 9.79 Å². The highest BCUT2D eigenvalue weighted by molar-refractivity contribution is 7.46. The number of benzene rings is 1. The normalized spacial score (nSPS) is 16.7. The highest BCUT2D eigenvalue weighted by Gasteiger charge is 2.33. The zero-order chi connectivity index (χ0) is 23.4. The predicted octanol–water partition coefficient (Wildman–Crippen LogP) is 2.16. The molecule has 9 nitrogen and oxygen atoms in total. The Hall–Kier alpha value is -2.14. The maximum atomic E-state index is 12.8. The summed E-state index contributed by atoms with van der Waals surface area (Å²) in [6, 6.07) is 2.98. The predicted molar refractivity (Wildman–Crippen MR) is 104 cm³/mol. The van der Waals surface area contributed by atoms with Gasteiger partial charge in [-0.1, -0.05) is 12.1 Å². The lowest BCUT2D eigenvalue weighted by Gasteiger charge is -2.34. The van der Waals surface area contributed by atoms with E-state index in [2.05, 4.69) is 9.84 Å². The molecule has 13 heteroatoms. The Bertz CT molecular complexity index is 820. The monoisotopic (exact) mass is 467 g/mol. The number of nitrogens with one attached hydrogen (secondary N) is 1. The van der Waals surface area contributed by atoms with E-state index in [1.54, 1.807) is 0 Å². The summed E-state index contributed by atoms with van der Waals surface area (Å²) < 4.78 is 53.6. The summed E-state index contributed by atoms with van der Waals surface area (Å²) in [5, 5.41) is 2.37. The topological polar surface area (TPSA) is 119 Å². The smallest absolute Gasteiger partial charge is 0.341 e. The van der Waals surface area contributed by atoms with Crippen LogP contribution in [-0.2, 0) is 20.1 Å². The lowest BCUT2D eigenvalue weighted by molar-refractivity contribution is -0.137. The van der Waals surface area contributed by atoms with E-state index in [0.717, 1.165) is 22.6 Å². The van der Waals surface area contributed by atoms with Crippen molar-refractivity contribution in [2.75, 3.05) is 33.8 Å². The van der Waals surface area contributed by atoms with Crippen molar-refractivity contribution in [2.24, 2.45) is 0 Å². The van der Waals surface area contributed by atoms with Gasteiger partial charge in [-0.2, -0.15) is 13.2 Å². The van der Waals surface area contributed by atoms with Gasteiger partial charge in [0.05, 0.1) is 12.2 Å². The second-order valence-corrected chi connectivity index (χ2v) is 8.64. The van der Waals surface area contributed by atoms with E-state index in [1.807, 2.05) is 0 Å². The fourth-order valence-electron chi connectivity index (χ4n) is 3.22. The Labute approximate surface area is 177 Å². The van der Waals surface area contributed by atoms with Crippen LogP contribution >= 0.6 is 7.82 Å². The van der Waals surface area contributed by atoms with Gasteiger partial charge in [0.1, 0.15) is 6.04 Å². The number of halogens is 3. The van der Waals surface area contributed by atoms with Gasteiger partial charge < -0.3 is 24.9 Å². The first kappa shape index (κ1) is 25.1. The number of likely N-dealkylation sites (tertiary alicyclic amines) is 1. The van der Waals surface area contributed by atoms with E-state index >= 15 is 0 Å². The number of amides is 3. The second-order valence-electron chi connectivity index (χ2n) is 7.40. The summed E-state index contributed by atoms with van der Waals surface area (Å²) in [7, 11) is -1.97. The molecule has 174 valence electrons. The number of phosphoric acid groups is 1. The van der Waals surface area contributed by atoms with Crippen LogP contribution in [0.1, 0.15) is 29.9 Å². The molecule has 2 rings (SSSR count). The lowest BCUT2D eigenvalue weighted by atomic mass is 9.88. The van der Waals surface area contributed by atoms with E-state index < -0.39 is 44.1 Å². The van der Waals surface area contributed by atoms with Gasteiger partial charge in [0.15, 0.2) is 0 Å². The number of phosphoric ester groups is 1. The van der Waals surface area contributed by atoms with Crippen LogP contribution in [-0.4, -0.2) is 71.4 Å². The summed E-state index contributed by atoms with van der Waals surface area (Å²) in [6.45, 7) is -0.162. The summed E-state index contributed by atoms with van der Waals surface area (Å²) >= 11 is 0. The van der Waals surface area contributed by atoms with Crippen LogP contribution in [0.15, 0.2) is 24.3 Å². The van der Waals surface area contributed by atoms with E-state index in [0.29, 0.717) is 12.8 Å². The first-order valence-corrected chi connectivity index (χ1v) is 10.9. The fraction of sp³-hybridized carbons (Fsp3) is 0.556. The van der Waals surface area contributed by atoms with Crippen molar-refractivity contribution in [2.45, 2.75) is 31.0 Å². The van der Waals surface area contributed by atoms with Crippen LogP contribution in [0.3, 0.4) is 0 Å². The van der Waals surface area contributed by atoms with Gasteiger partial charge in [-0.05, 0) is 36.5 Å². The quantitative estimate of drug-likeness (QED) is 0.552. The molecule has 31 heavy (non-hydrogen) atoms. The van der Waals surface area contributed by atoms with Gasteiger partial charge in [0, 0.05) is 27.2 Å². The third-order valence-electron chi connectivity index (χ3n) is 4.93. The highest BCUT2D eigenvalue weighted by atomic mass is 31.2. The number of hydrogen-bond donors (Lipinski definition) is 3. The van der Waals surface area contributed by atoms with E-state index in [9.17, 15) is 27.3 Å². The molecule has 0 unspecified atom stereocenters. The van der Waals surface area contributed by atoms with Crippen LogP contribution < -0.4 is 5.32 Å². The van der Waals surface area contributed by atoms with Gasteiger partial charge in [-0.15, -0.1) is 0 Å². The van der Waals surface area contributed by atoms with Crippen LogP contribution in [0.5, 0.6) is 0 Å². The molecule has 0 aliphatic carbocycles. The van der Waals surface area contributed by atoms with Crippen molar-refractivity contribution in [1.82, 2.24) is 15.1 Å². The molecule has 0 saturated carbocycles. The molecule has 0 spiro atoms. The minimum atomic E-state index is -4.85. The minimum Gasteiger partial charge on any atom is -0.341 e. The number of carbonyl (C=O) groups excluding carboxylic acids is 2. The SMILES string of the molecule is CN(C)C(=O)N[C@@H](COP(=O)(O)O)C(=O)N1CCC(c2ccc(C(F)(F)F)cc2)CC1. The molecule has 1 saturated heterocycles. The maximum absolute atomic E-state index is 12.8. The molecular weight excluding hydrogens is 442 g/mol.